The molecule has 1 aromatic heterocycles. The van der Waals surface area contributed by atoms with E-state index >= 15 is 0 Å². The summed E-state index contributed by atoms with van der Waals surface area (Å²) in [4.78, 5) is 16.8. The standard InChI is InChI=1S/C24H33N5O.2ClH/c1-27-15-20-16-28(17-22(20)23(27)19-6-8-21(30-2)9-7-19)14-18-12-25-24(26-13-18)29-10-4-3-5-11-29;;/h6-9,12-13,20,22-23H,3-5,10-11,14-17H2,1-2H3;2*1H/t20-,22+,23+;;/m0../s1. The molecule has 32 heavy (non-hydrogen) atoms. The van der Waals surface area contributed by atoms with Crippen molar-refractivity contribution in [3.05, 3.63) is 47.8 Å². The van der Waals surface area contributed by atoms with E-state index in [1.807, 2.05) is 12.4 Å². The zero-order valence-corrected chi connectivity index (χ0v) is 20.7. The number of benzene rings is 1. The van der Waals surface area contributed by atoms with Crippen molar-refractivity contribution in [1.82, 2.24) is 19.8 Å². The largest absolute Gasteiger partial charge is 0.497 e. The fourth-order valence-electron chi connectivity index (χ4n) is 5.73. The molecule has 1 aromatic carbocycles. The molecule has 2 aromatic rings. The van der Waals surface area contributed by atoms with E-state index in [1.165, 1.54) is 36.9 Å². The molecular weight excluding hydrogens is 445 g/mol. The molecule has 0 saturated carbocycles. The van der Waals surface area contributed by atoms with E-state index in [9.17, 15) is 0 Å². The zero-order valence-electron chi connectivity index (χ0n) is 19.0. The Labute approximate surface area is 204 Å². The minimum absolute atomic E-state index is 0. The molecule has 0 radical (unpaired) electrons. The monoisotopic (exact) mass is 479 g/mol. The molecule has 3 fully saturated rings. The summed E-state index contributed by atoms with van der Waals surface area (Å²) in [5, 5.41) is 0. The average Bonchev–Trinajstić information content (AvgIpc) is 3.30. The number of halogens is 2. The summed E-state index contributed by atoms with van der Waals surface area (Å²) in [6.45, 7) is 6.61. The fraction of sp³-hybridized carbons (Fsp3) is 0.583. The van der Waals surface area contributed by atoms with Crippen LogP contribution in [0.15, 0.2) is 36.7 Å². The van der Waals surface area contributed by atoms with Crippen molar-refractivity contribution in [2.24, 2.45) is 11.8 Å². The smallest absolute Gasteiger partial charge is 0.225 e. The quantitative estimate of drug-likeness (QED) is 0.644. The Balaban J connectivity index is 0.00000144. The lowest BCUT2D eigenvalue weighted by atomic mass is 9.89. The highest BCUT2D eigenvalue weighted by Gasteiger charge is 2.45. The molecule has 8 heteroatoms. The van der Waals surface area contributed by atoms with Gasteiger partial charge in [-0.3, -0.25) is 9.80 Å². The van der Waals surface area contributed by atoms with Gasteiger partial charge in [0, 0.05) is 63.3 Å². The summed E-state index contributed by atoms with van der Waals surface area (Å²) >= 11 is 0. The zero-order chi connectivity index (χ0) is 20.5. The van der Waals surface area contributed by atoms with Gasteiger partial charge in [-0.15, -0.1) is 24.8 Å². The molecule has 6 nitrogen and oxygen atoms in total. The second-order valence-electron chi connectivity index (χ2n) is 9.21. The Bertz CT molecular complexity index is 844. The van der Waals surface area contributed by atoms with Gasteiger partial charge in [0.15, 0.2) is 0 Å². The predicted octanol–water partition coefficient (Wildman–Crippen LogP) is 4.05. The van der Waals surface area contributed by atoms with Gasteiger partial charge in [0.2, 0.25) is 5.95 Å². The molecule has 3 aliphatic heterocycles. The highest BCUT2D eigenvalue weighted by molar-refractivity contribution is 5.85. The molecule has 0 unspecified atom stereocenters. The van der Waals surface area contributed by atoms with Gasteiger partial charge in [0.05, 0.1) is 7.11 Å². The first-order valence-corrected chi connectivity index (χ1v) is 11.3. The molecule has 3 saturated heterocycles. The van der Waals surface area contributed by atoms with E-state index in [4.69, 9.17) is 4.74 Å². The van der Waals surface area contributed by atoms with Crippen LogP contribution in [0.3, 0.4) is 0 Å². The Kier molecular flexibility index (Phi) is 8.62. The van der Waals surface area contributed by atoms with Crippen LogP contribution in [0, 0.1) is 11.8 Å². The number of hydrogen-bond acceptors (Lipinski definition) is 6. The summed E-state index contributed by atoms with van der Waals surface area (Å²) in [5.41, 5.74) is 2.63. The van der Waals surface area contributed by atoms with Gasteiger partial charge in [0.25, 0.3) is 0 Å². The number of hydrogen-bond donors (Lipinski definition) is 0. The van der Waals surface area contributed by atoms with Gasteiger partial charge in [-0.2, -0.15) is 0 Å². The van der Waals surface area contributed by atoms with Crippen molar-refractivity contribution < 1.29 is 4.74 Å². The van der Waals surface area contributed by atoms with Crippen molar-refractivity contribution >= 4 is 30.8 Å². The lowest BCUT2D eigenvalue weighted by Gasteiger charge is -2.27. The number of rotatable bonds is 5. The highest BCUT2D eigenvalue weighted by atomic mass is 35.5. The summed E-state index contributed by atoms with van der Waals surface area (Å²) in [6.07, 6.45) is 7.92. The summed E-state index contributed by atoms with van der Waals surface area (Å²) < 4.78 is 5.34. The van der Waals surface area contributed by atoms with Gasteiger partial charge in [-0.1, -0.05) is 12.1 Å². The number of fused-ring (bicyclic) bond motifs is 1. The molecule has 3 aliphatic rings. The number of likely N-dealkylation sites (tertiary alicyclic amines) is 2. The fourth-order valence-corrected chi connectivity index (χ4v) is 5.73. The highest BCUT2D eigenvalue weighted by Crippen LogP contribution is 2.44. The summed E-state index contributed by atoms with van der Waals surface area (Å²) in [7, 11) is 4.00. The Hall–Kier alpha value is -1.60. The van der Waals surface area contributed by atoms with Crippen LogP contribution in [-0.4, -0.2) is 66.6 Å². The van der Waals surface area contributed by atoms with Crippen LogP contribution in [0.5, 0.6) is 5.75 Å². The molecule has 176 valence electrons. The first-order valence-electron chi connectivity index (χ1n) is 11.3. The SMILES string of the molecule is COc1ccc([C@@H]2[C@@H]3CN(Cc4cnc(N5CCCCC5)nc4)C[C@@H]3CN2C)cc1.Cl.Cl. The Morgan fingerprint density at radius 2 is 1.62 bits per heavy atom. The van der Waals surface area contributed by atoms with E-state index in [0.717, 1.165) is 50.3 Å². The van der Waals surface area contributed by atoms with Crippen molar-refractivity contribution in [2.75, 3.05) is 51.8 Å². The lowest BCUT2D eigenvalue weighted by Crippen LogP contribution is -2.31. The Morgan fingerprint density at radius 3 is 2.28 bits per heavy atom. The molecule has 5 rings (SSSR count). The molecule has 0 bridgehead atoms. The van der Waals surface area contributed by atoms with Crippen molar-refractivity contribution in [3.63, 3.8) is 0 Å². The number of nitrogens with zero attached hydrogens (tertiary/aromatic N) is 5. The van der Waals surface area contributed by atoms with Crippen LogP contribution in [0.25, 0.3) is 0 Å². The molecule has 0 spiro atoms. The number of anilines is 1. The topological polar surface area (TPSA) is 44.7 Å². The number of piperidine rings is 1. The van der Waals surface area contributed by atoms with Gasteiger partial charge in [-0.25, -0.2) is 9.97 Å². The minimum Gasteiger partial charge on any atom is -0.497 e. The third kappa shape index (κ3) is 5.14. The third-order valence-electron chi connectivity index (χ3n) is 7.16. The van der Waals surface area contributed by atoms with Crippen LogP contribution in [0.2, 0.25) is 0 Å². The van der Waals surface area contributed by atoms with E-state index in [-0.39, 0.29) is 24.8 Å². The van der Waals surface area contributed by atoms with Crippen LogP contribution >= 0.6 is 24.8 Å². The van der Waals surface area contributed by atoms with Gasteiger partial charge in [0.1, 0.15) is 5.75 Å². The molecule has 0 amide bonds. The maximum absolute atomic E-state index is 5.34. The normalized spacial score (nSPS) is 25.7. The minimum atomic E-state index is 0. The Morgan fingerprint density at radius 1 is 0.938 bits per heavy atom. The van der Waals surface area contributed by atoms with Crippen LogP contribution in [0.4, 0.5) is 5.95 Å². The predicted molar refractivity (Wildman–Crippen MR) is 133 cm³/mol. The van der Waals surface area contributed by atoms with E-state index < -0.39 is 0 Å². The lowest BCUT2D eigenvalue weighted by molar-refractivity contribution is 0.224. The summed E-state index contributed by atoms with van der Waals surface area (Å²) in [6, 6.07) is 9.13. The first-order chi connectivity index (χ1) is 14.7. The molecule has 3 atom stereocenters. The van der Waals surface area contributed by atoms with Crippen molar-refractivity contribution in [1.29, 1.82) is 0 Å². The molecule has 0 N–H and O–H groups in total. The third-order valence-corrected chi connectivity index (χ3v) is 7.16. The number of methoxy groups -OCH3 is 1. The maximum atomic E-state index is 5.34. The molecule has 0 aliphatic carbocycles. The van der Waals surface area contributed by atoms with Crippen molar-refractivity contribution in [2.45, 2.75) is 31.8 Å². The number of ether oxygens (including phenoxy) is 1. The second-order valence-corrected chi connectivity index (χ2v) is 9.21. The molecule has 4 heterocycles. The van der Waals surface area contributed by atoms with Gasteiger partial charge >= 0.3 is 0 Å². The van der Waals surface area contributed by atoms with Crippen LogP contribution in [-0.2, 0) is 6.54 Å². The number of aromatic nitrogens is 2. The maximum Gasteiger partial charge on any atom is 0.225 e. The van der Waals surface area contributed by atoms with E-state index in [0.29, 0.717) is 12.0 Å². The van der Waals surface area contributed by atoms with E-state index in [1.54, 1.807) is 7.11 Å². The molecular formula is C24H35Cl2N5O. The summed E-state index contributed by atoms with van der Waals surface area (Å²) in [5.74, 6) is 3.24. The van der Waals surface area contributed by atoms with Crippen LogP contribution < -0.4 is 9.64 Å². The van der Waals surface area contributed by atoms with Crippen LogP contribution in [0.1, 0.15) is 36.4 Å². The van der Waals surface area contributed by atoms with Gasteiger partial charge in [-0.05, 0) is 55.8 Å². The first kappa shape index (κ1) is 25.0. The van der Waals surface area contributed by atoms with Gasteiger partial charge < -0.3 is 9.64 Å². The second kappa shape index (κ2) is 11.0. The van der Waals surface area contributed by atoms with E-state index in [2.05, 4.69) is 56.0 Å². The van der Waals surface area contributed by atoms with Crippen molar-refractivity contribution in [3.8, 4) is 5.75 Å². The average molecular weight is 480 g/mol.